The molecule has 0 spiro atoms. The van der Waals surface area contributed by atoms with Crippen LogP contribution in [-0.4, -0.2) is 50.7 Å². The maximum atomic E-state index is 3.69. The average molecular weight is 259 g/mol. The molecule has 0 aromatic heterocycles. The van der Waals surface area contributed by atoms with Gasteiger partial charge in [0.25, 0.3) is 0 Å². The van der Waals surface area contributed by atoms with Crippen molar-refractivity contribution < 1.29 is 0 Å². The molecule has 1 fully saturated rings. The number of rotatable bonds is 5. The van der Waals surface area contributed by atoms with Crippen LogP contribution in [0.1, 0.15) is 18.4 Å². The Bertz CT molecular complexity index is 418. The maximum absolute atomic E-state index is 3.69. The summed E-state index contributed by atoms with van der Waals surface area (Å²) in [6, 6.07) is 9.56. The van der Waals surface area contributed by atoms with Crippen LogP contribution in [0, 0.1) is 0 Å². The van der Waals surface area contributed by atoms with Crippen LogP contribution in [-0.2, 0) is 6.42 Å². The van der Waals surface area contributed by atoms with Crippen molar-refractivity contribution in [2.75, 3.05) is 44.7 Å². The molecule has 0 amide bonds. The number of anilines is 1. The van der Waals surface area contributed by atoms with Crippen LogP contribution in [0.5, 0.6) is 0 Å². The molecule has 3 rings (SSSR count). The fraction of sp³-hybridized carbons (Fsp3) is 0.625. The molecular formula is C16H25N3. The predicted octanol–water partition coefficient (Wildman–Crippen LogP) is 1.73. The smallest absolute Gasteiger partial charge is 0.0399 e. The molecule has 1 saturated heterocycles. The van der Waals surface area contributed by atoms with E-state index in [1.54, 1.807) is 0 Å². The highest BCUT2D eigenvalue weighted by molar-refractivity contribution is 5.57. The Kier molecular flexibility index (Phi) is 4.04. The zero-order valence-electron chi connectivity index (χ0n) is 11.9. The van der Waals surface area contributed by atoms with E-state index in [1.165, 1.54) is 56.7 Å². The Morgan fingerprint density at radius 1 is 1.26 bits per heavy atom. The first-order valence-electron chi connectivity index (χ1n) is 7.58. The molecular weight excluding hydrogens is 234 g/mol. The Morgan fingerprint density at radius 3 is 3.00 bits per heavy atom. The number of likely N-dealkylation sites (tertiary alicyclic amines) is 1. The van der Waals surface area contributed by atoms with Gasteiger partial charge in [-0.15, -0.1) is 0 Å². The normalized spacial score (nSPS) is 23.0. The van der Waals surface area contributed by atoms with Crippen LogP contribution in [0.2, 0.25) is 0 Å². The lowest BCUT2D eigenvalue weighted by Gasteiger charge is -2.20. The quantitative estimate of drug-likeness (QED) is 0.813. The first kappa shape index (κ1) is 12.9. The van der Waals surface area contributed by atoms with E-state index in [4.69, 9.17) is 0 Å². The van der Waals surface area contributed by atoms with Gasteiger partial charge in [0, 0.05) is 31.4 Å². The van der Waals surface area contributed by atoms with E-state index in [0.717, 1.165) is 12.6 Å². The lowest BCUT2D eigenvalue weighted by Crippen LogP contribution is -2.34. The van der Waals surface area contributed by atoms with Crippen molar-refractivity contribution in [1.82, 2.24) is 10.2 Å². The molecule has 1 atom stereocenters. The molecule has 3 heteroatoms. The number of likely N-dealkylation sites (N-methyl/N-ethyl adjacent to an activating group) is 1. The molecule has 2 aliphatic heterocycles. The monoisotopic (exact) mass is 259 g/mol. The number of nitrogens with zero attached hydrogens (tertiary/aromatic N) is 2. The van der Waals surface area contributed by atoms with Crippen molar-refractivity contribution in [2.45, 2.75) is 25.3 Å². The molecule has 19 heavy (non-hydrogen) atoms. The molecule has 2 aliphatic rings. The van der Waals surface area contributed by atoms with Crippen LogP contribution in [0.4, 0.5) is 5.69 Å². The fourth-order valence-electron chi connectivity index (χ4n) is 3.32. The third kappa shape index (κ3) is 3.10. The molecule has 104 valence electrons. The van der Waals surface area contributed by atoms with Crippen LogP contribution < -0.4 is 10.2 Å². The van der Waals surface area contributed by atoms with E-state index in [2.05, 4.69) is 46.4 Å². The number of fused-ring (bicyclic) bond motifs is 1. The summed E-state index contributed by atoms with van der Waals surface area (Å²) in [4.78, 5) is 4.95. The summed E-state index contributed by atoms with van der Waals surface area (Å²) in [6.45, 7) is 6.00. The SMILES string of the molecule is CN1CCC(NCCCN2CCc3ccccc32)C1. The number of hydrogen-bond donors (Lipinski definition) is 1. The average Bonchev–Trinajstić information content (AvgIpc) is 3.02. The second kappa shape index (κ2) is 5.93. The van der Waals surface area contributed by atoms with Crippen molar-refractivity contribution in [3.63, 3.8) is 0 Å². The summed E-state index contributed by atoms with van der Waals surface area (Å²) in [7, 11) is 2.21. The van der Waals surface area contributed by atoms with Crippen molar-refractivity contribution in [3.05, 3.63) is 29.8 Å². The number of nitrogens with one attached hydrogen (secondary N) is 1. The summed E-state index contributed by atoms with van der Waals surface area (Å²) >= 11 is 0. The van der Waals surface area contributed by atoms with E-state index in [0.29, 0.717) is 0 Å². The minimum Gasteiger partial charge on any atom is -0.371 e. The molecule has 3 nitrogen and oxygen atoms in total. The summed E-state index contributed by atoms with van der Waals surface area (Å²) in [5.74, 6) is 0. The first-order valence-corrected chi connectivity index (χ1v) is 7.58. The summed E-state index contributed by atoms with van der Waals surface area (Å²) in [5, 5.41) is 3.69. The predicted molar refractivity (Wildman–Crippen MR) is 80.9 cm³/mol. The topological polar surface area (TPSA) is 18.5 Å². The second-order valence-electron chi connectivity index (χ2n) is 5.92. The zero-order valence-corrected chi connectivity index (χ0v) is 11.9. The molecule has 0 saturated carbocycles. The third-order valence-electron chi connectivity index (χ3n) is 4.41. The molecule has 1 unspecified atom stereocenters. The van der Waals surface area contributed by atoms with E-state index in [1.807, 2.05) is 0 Å². The van der Waals surface area contributed by atoms with Gasteiger partial charge in [-0.05, 0) is 51.0 Å². The molecule has 0 radical (unpaired) electrons. The van der Waals surface area contributed by atoms with Crippen LogP contribution in [0.3, 0.4) is 0 Å². The lowest BCUT2D eigenvalue weighted by atomic mass is 10.2. The lowest BCUT2D eigenvalue weighted by molar-refractivity contribution is 0.397. The van der Waals surface area contributed by atoms with Crippen molar-refractivity contribution in [2.24, 2.45) is 0 Å². The van der Waals surface area contributed by atoms with Gasteiger partial charge >= 0.3 is 0 Å². The van der Waals surface area contributed by atoms with Gasteiger partial charge < -0.3 is 15.1 Å². The molecule has 2 heterocycles. The van der Waals surface area contributed by atoms with Gasteiger partial charge in [0.1, 0.15) is 0 Å². The van der Waals surface area contributed by atoms with Crippen LogP contribution in [0.25, 0.3) is 0 Å². The second-order valence-corrected chi connectivity index (χ2v) is 5.92. The Balaban J connectivity index is 1.39. The molecule has 1 aromatic rings. The molecule has 1 aromatic carbocycles. The molecule has 0 bridgehead atoms. The van der Waals surface area contributed by atoms with Crippen LogP contribution in [0.15, 0.2) is 24.3 Å². The summed E-state index contributed by atoms with van der Waals surface area (Å²) < 4.78 is 0. The van der Waals surface area contributed by atoms with Crippen molar-refractivity contribution in [3.8, 4) is 0 Å². The standard InChI is InChI=1S/C16H25N3/c1-18-11-8-15(13-18)17-9-4-10-19-12-7-14-5-2-3-6-16(14)19/h2-3,5-6,15,17H,4,7-13H2,1H3. The van der Waals surface area contributed by atoms with Gasteiger partial charge in [-0.25, -0.2) is 0 Å². The maximum Gasteiger partial charge on any atom is 0.0399 e. The highest BCUT2D eigenvalue weighted by atomic mass is 15.2. The first-order chi connectivity index (χ1) is 9.33. The van der Waals surface area contributed by atoms with Gasteiger partial charge in [0.2, 0.25) is 0 Å². The minimum atomic E-state index is 0.718. The Labute approximate surface area is 116 Å². The van der Waals surface area contributed by atoms with E-state index < -0.39 is 0 Å². The highest BCUT2D eigenvalue weighted by Gasteiger charge is 2.19. The van der Waals surface area contributed by atoms with Crippen LogP contribution >= 0.6 is 0 Å². The van der Waals surface area contributed by atoms with Crippen molar-refractivity contribution in [1.29, 1.82) is 0 Å². The largest absolute Gasteiger partial charge is 0.371 e. The minimum absolute atomic E-state index is 0.718. The Hall–Kier alpha value is -1.06. The van der Waals surface area contributed by atoms with E-state index in [9.17, 15) is 0 Å². The summed E-state index contributed by atoms with van der Waals surface area (Å²) in [6.07, 6.45) is 3.77. The van der Waals surface area contributed by atoms with E-state index in [-0.39, 0.29) is 0 Å². The van der Waals surface area contributed by atoms with Crippen molar-refractivity contribution >= 4 is 5.69 Å². The molecule has 1 N–H and O–H groups in total. The zero-order chi connectivity index (χ0) is 13.1. The highest BCUT2D eigenvalue weighted by Crippen LogP contribution is 2.27. The number of hydrogen-bond acceptors (Lipinski definition) is 3. The van der Waals surface area contributed by atoms with E-state index >= 15 is 0 Å². The van der Waals surface area contributed by atoms with Gasteiger partial charge in [0.05, 0.1) is 0 Å². The third-order valence-corrected chi connectivity index (χ3v) is 4.41. The summed E-state index contributed by atoms with van der Waals surface area (Å²) in [5.41, 5.74) is 2.98. The van der Waals surface area contributed by atoms with Gasteiger partial charge in [-0.2, -0.15) is 0 Å². The fourth-order valence-corrected chi connectivity index (χ4v) is 3.32. The van der Waals surface area contributed by atoms with Gasteiger partial charge in [0.15, 0.2) is 0 Å². The number of benzene rings is 1. The molecule has 0 aliphatic carbocycles. The number of para-hydroxylation sites is 1. The Morgan fingerprint density at radius 2 is 2.16 bits per heavy atom. The van der Waals surface area contributed by atoms with Gasteiger partial charge in [-0.1, -0.05) is 18.2 Å². The van der Waals surface area contributed by atoms with Gasteiger partial charge in [-0.3, -0.25) is 0 Å².